The van der Waals surface area contributed by atoms with Crippen molar-refractivity contribution in [1.29, 1.82) is 0 Å². The fraction of sp³-hybridized carbons (Fsp3) is 0.640. The van der Waals surface area contributed by atoms with Crippen LogP contribution < -0.4 is 9.80 Å². The Hall–Kier alpha value is -2.25. The van der Waals surface area contributed by atoms with Gasteiger partial charge in [0, 0.05) is 70.7 Å². The van der Waals surface area contributed by atoms with E-state index in [0.717, 1.165) is 77.7 Å². The summed E-state index contributed by atoms with van der Waals surface area (Å²) < 4.78 is 0. The minimum atomic E-state index is 0.888. The SMILES string of the molecule is CCCCN(CC)c1ccc(CN2CCc3c(ncnc3N3CCN(CC)CC3)C2)cn1. The third-order valence-corrected chi connectivity index (χ3v) is 6.88. The van der Waals surface area contributed by atoms with Crippen LogP contribution in [0.2, 0.25) is 0 Å². The van der Waals surface area contributed by atoms with Crippen LogP contribution in [-0.4, -0.2) is 77.1 Å². The molecular formula is C25H39N7. The van der Waals surface area contributed by atoms with Crippen LogP contribution in [-0.2, 0) is 19.5 Å². The molecule has 0 aromatic carbocycles. The lowest BCUT2D eigenvalue weighted by Gasteiger charge is -2.37. The Balaban J connectivity index is 1.38. The lowest BCUT2D eigenvalue weighted by molar-refractivity contribution is 0.240. The van der Waals surface area contributed by atoms with Gasteiger partial charge in [0.1, 0.15) is 18.0 Å². The summed E-state index contributed by atoms with van der Waals surface area (Å²) in [6.07, 6.45) is 7.26. The van der Waals surface area contributed by atoms with E-state index in [1.165, 1.54) is 35.5 Å². The Bertz CT molecular complexity index is 846. The number of fused-ring (bicyclic) bond motifs is 1. The first-order valence-electron chi connectivity index (χ1n) is 12.4. The average molecular weight is 438 g/mol. The van der Waals surface area contributed by atoms with Gasteiger partial charge < -0.3 is 14.7 Å². The first-order valence-corrected chi connectivity index (χ1v) is 12.4. The molecule has 0 bridgehead atoms. The van der Waals surface area contributed by atoms with Gasteiger partial charge in [0.2, 0.25) is 0 Å². The smallest absolute Gasteiger partial charge is 0.135 e. The molecule has 2 aromatic rings. The number of rotatable bonds is 9. The van der Waals surface area contributed by atoms with Gasteiger partial charge in [-0.25, -0.2) is 15.0 Å². The van der Waals surface area contributed by atoms with E-state index in [2.05, 4.69) is 63.7 Å². The van der Waals surface area contributed by atoms with Crippen molar-refractivity contribution in [2.75, 3.05) is 62.2 Å². The van der Waals surface area contributed by atoms with E-state index in [0.29, 0.717) is 0 Å². The molecule has 0 saturated carbocycles. The van der Waals surface area contributed by atoms with Gasteiger partial charge >= 0.3 is 0 Å². The Morgan fingerprint density at radius 2 is 1.78 bits per heavy atom. The zero-order valence-electron chi connectivity index (χ0n) is 20.1. The molecule has 0 amide bonds. The predicted molar refractivity (Wildman–Crippen MR) is 131 cm³/mol. The minimum absolute atomic E-state index is 0.888. The molecule has 0 N–H and O–H groups in total. The third kappa shape index (κ3) is 5.38. The molecule has 7 heteroatoms. The number of hydrogen-bond donors (Lipinski definition) is 0. The third-order valence-electron chi connectivity index (χ3n) is 6.88. The lowest BCUT2D eigenvalue weighted by Crippen LogP contribution is -2.47. The van der Waals surface area contributed by atoms with Crippen molar-refractivity contribution < 1.29 is 0 Å². The van der Waals surface area contributed by atoms with Gasteiger partial charge in [-0.15, -0.1) is 0 Å². The molecule has 32 heavy (non-hydrogen) atoms. The van der Waals surface area contributed by atoms with E-state index in [1.807, 2.05) is 0 Å². The largest absolute Gasteiger partial charge is 0.357 e. The topological polar surface area (TPSA) is 51.6 Å². The number of nitrogens with zero attached hydrogens (tertiary/aromatic N) is 7. The van der Waals surface area contributed by atoms with Crippen molar-refractivity contribution in [2.24, 2.45) is 0 Å². The van der Waals surface area contributed by atoms with Gasteiger partial charge in [0.15, 0.2) is 0 Å². The summed E-state index contributed by atoms with van der Waals surface area (Å²) in [5.41, 5.74) is 3.82. The number of hydrogen-bond acceptors (Lipinski definition) is 7. The van der Waals surface area contributed by atoms with Crippen LogP contribution in [0.4, 0.5) is 11.6 Å². The van der Waals surface area contributed by atoms with Gasteiger partial charge in [-0.3, -0.25) is 4.90 Å². The number of likely N-dealkylation sites (N-methyl/N-ethyl adjacent to an activating group) is 1. The van der Waals surface area contributed by atoms with Crippen molar-refractivity contribution in [3.8, 4) is 0 Å². The molecule has 1 saturated heterocycles. The molecule has 1 fully saturated rings. The van der Waals surface area contributed by atoms with Crippen molar-refractivity contribution in [3.05, 3.63) is 41.5 Å². The average Bonchev–Trinajstić information content (AvgIpc) is 2.85. The quantitative estimate of drug-likeness (QED) is 0.597. The van der Waals surface area contributed by atoms with Crippen LogP contribution in [0.3, 0.4) is 0 Å². The zero-order valence-corrected chi connectivity index (χ0v) is 20.1. The number of aromatic nitrogens is 3. The predicted octanol–water partition coefficient (Wildman–Crippen LogP) is 3.20. The number of anilines is 2. The molecule has 2 aromatic heterocycles. The first-order chi connectivity index (χ1) is 15.7. The Labute approximate surface area is 193 Å². The van der Waals surface area contributed by atoms with Crippen LogP contribution >= 0.6 is 0 Å². The molecule has 4 heterocycles. The van der Waals surface area contributed by atoms with Crippen molar-refractivity contribution in [2.45, 2.75) is 53.1 Å². The number of pyridine rings is 1. The molecule has 0 atom stereocenters. The molecule has 0 aliphatic carbocycles. The van der Waals surface area contributed by atoms with Crippen LogP contribution in [0.25, 0.3) is 0 Å². The van der Waals surface area contributed by atoms with Gasteiger partial charge in [-0.1, -0.05) is 26.3 Å². The van der Waals surface area contributed by atoms with Gasteiger partial charge in [-0.2, -0.15) is 0 Å². The molecular weight excluding hydrogens is 398 g/mol. The number of unbranched alkanes of at least 4 members (excludes halogenated alkanes) is 1. The highest BCUT2D eigenvalue weighted by Gasteiger charge is 2.25. The highest BCUT2D eigenvalue weighted by Crippen LogP contribution is 2.27. The molecule has 174 valence electrons. The lowest BCUT2D eigenvalue weighted by atomic mass is 10.0. The Kier molecular flexibility index (Phi) is 7.92. The first kappa shape index (κ1) is 22.9. The maximum Gasteiger partial charge on any atom is 0.135 e. The van der Waals surface area contributed by atoms with Crippen LogP contribution in [0.1, 0.15) is 50.4 Å². The molecule has 0 spiro atoms. The summed E-state index contributed by atoms with van der Waals surface area (Å²) >= 11 is 0. The standard InChI is InChI=1S/C25H39N7/c1-4-7-11-31(6-3)24-9-8-21(17-26-24)18-30-12-10-22-23(19-30)27-20-28-25(22)32-15-13-29(5-2)14-16-32/h8-9,17,20H,4-7,10-16,18-19H2,1-3H3. The monoisotopic (exact) mass is 437 g/mol. The molecule has 4 rings (SSSR count). The minimum Gasteiger partial charge on any atom is -0.357 e. The maximum absolute atomic E-state index is 4.76. The number of piperazine rings is 1. The van der Waals surface area contributed by atoms with E-state index >= 15 is 0 Å². The van der Waals surface area contributed by atoms with Crippen LogP contribution in [0, 0.1) is 0 Å². The molecule has 0 radical (unpaired) electrons. The van der Waals surface area contributed by atoms with E-state index in [1.54, 1.807) is 6.33 Å². The van der Waals surface area contributed by atoms with Crippen LogP contribution in [0.15, 0.2) is 24.7 Å². The Morgan fingerprint density at radius 1 is 0.938 bits per heavy atom. The van der Waals surface area contributed by atoms with E-state index in [-0.39, 0.29) is 0 Å². The molecule has 2 aliphatic rings. The zero-order chi connectivity index (χ0) is 22.3. The molecule has 2 aliphatic heterocycles. The van der Waals surface area contributed by atoms with E-state index in [4.69, 9.17) is 9.97 Å². The summed E-state index contributed by atoms with van der Waals surface area (Å²) in [5, 5.41) is 0. The second-order valence-electron chi connectivity index (χ2n) is 8.96. The van der Waals surface area contributed by atoms with Gasteiger partial charge in [0.05, 0.1) is 5.69 Å². The second kappa shape index (κ2) is 11.1. The van der Waals surface area contributed by atoms with Gasteiger partial charge in [0.25, 0.3) is 0 Å². The summed E-state index contributed by atoms with van der Waals surface area (Å²) in [7, 11) is 0. The second-order valence-corrected chi connectivity index (χ2v) is 8.96. The fourth-order valence-corrected chi connectivity index (χ4v) is 4.81. The highest BCUT2D eigenvalue weighted by molar-refractivity contribution is 5.50. The molecule has 7 nitrogen and oxygen atoms in total. The highest BCUT2D eigenvalue weighted by atomic mass is 15.3. The van der Waals surface area contributed by atoms with Gasteiger partial charge in [-0.05, 0) is 37.9 Å². The summed E-state index contributed by atoms with van der Waals surface area (Å²) in [4.78, 5) is 23.9. The van der Waals surface area contributed by atoms with E-state index in [9.17, 15) is 0 Å². The van der Waals surface area contributed by atoms with E-state index < -0.39 is 0 Å². The summed E-state index contributed by atoms with van der Waals surface area (Å²) in [6.45, 7) is 17.1. The Morgan fingerprint density at radius 3 is 2.47 bits per heavy atom. The summed E-state index contributed by atoms with van der Waals surface area (Å²) in [6, 6.07) is 4.42. The normalized spacial score (nSPS) is 17.4. The fourth-order valence-electron chi connectivity index (χ4n) is 4.81. The van der Waals surface area contributed by atoms with Crippen molar-refractivity contribution in [3.63, 3.8) is 0 Å². The summed E-state index contributed by atoms with van der Waals surface area (Å²) in [5.74, 6) is 2.26. The maximum atomic E-state index is 4.76. The van der Waals surface area contributed by atoms with Crippen molar-refractivity contribution in [1.82, 2.24) is 24.8 Å². The van der Waals surface area contributed by atoms with Crippen LogP contribution in [0.5, 0.6) is 0 Å². The molecule has 0 unspecified atom stereocenters. The van der Waals surface area contributed by atoms with Crippen molar-refractivity contribution >= 4 is 11.6 Å².